The van der Waals surface area contributed by atoms with Crippen LogP contribution in [0.2, 0.25) is 0 Å². The maximum atomic E-state index is 11.5. The van der Waals surface area contributed by atoms with Crippen LogP contribution in [0, 0.1) is 0 Å². The molecule has 0 atom stereocenters. The van der Waals surface area contributed by atoms with E-state index in [0.717, 1.165) is 25.7 Å². The largest absolute Gasteiger partial charge is 0.275 e. The van der Waals surface area contributed by atoms with Gasteiger partial charge in [0.2, 0.25) is 5.91 Å². The number of carbonyl (C=O) groups is 2. The predicted octanol–water partition coefficient (Wildman–Crippen LogP) is 1.24. The fourth-order valence-electron chi connectivity index (χ4n) is 2.16. The van der Waals surface area contributed by atoms with Gasteiger partial charge in [0.05, 0.1) is 6.42 Å². The molecule has 0 N–H and O–H groups in total. The summed E-state index contributed by atoms with van der Waals surface area (Å²) in [5, 5.41) is 0. The van der Waals surface area contributed by atoms with Crippen LogP contribution in [0.25, 0.3) is 0 Å². The minimum Gasteiger partial charge on any atom is -0.275 e. The third-order valence-corrected chi connectivity index (χ3v) is 2.84. The van der Waals surface area contributed by atoms with Gasteiger partial charge in [0.25, 0.3) is 5.91 Å². The highest BCUT2D eigenvalue weighted by atomic mass is 16.2. The Hall–Kier alpha value is -1.12. The quantitative estimate of drug-likeness (QED) is 0.448. The molecule has 1 heterocycles. The van der Waals surface area contributed by atoms with Crippen molar-refractivity contribution >= 4 is 11.8 Å². The molecule has 2 amide bonds. The lowest BCUT2D eigenvalue weighted by Crippen LogP contribution is -2.37. The van der Waals surface area contributed by atoms with Crippen LogP contribution in [0.1, 0.15) is 32.1 Å². The van der Waals surface area contributed by atoms with E-state index in [-0.39, 0.29) is 24.3 Å². The lowest BCUT2D eigenvalue weighted by molar-refractivity contribution is -0.140. The highest BCUT2D eigenvalue weighted by molar-refractivity contribution is 6.13. The van der Waals surface area contributed by atoms with Crippen LogP contribution in [0.5, 0.6) is 0 Å². The SMILES string of the molecule is C=C1CC(=O)N(C2CCCC2)C1=O. The summed E-state index contributed by atoms with van der Waals surface area (Å²) in [5.41, 5.74) is 0.455. The van der Waals surface area contributed by atoms with E-state index >= 15 is 0 Å². The average Bonchev–Trinajstić information content (AvgIpc) is 2.63. The van der Waals surface area contributed by atoms with Gasteiger partial charge in [-0.1, -0.05) is 19.4 Å². The second-order valence-electron chi connectivity index (χ2n) is 3.79. The van der Waals surface area contributed by atoms with Crippen molar-refractivity contribution in [3.8, 4) is 0 Å². The molecule has 2 fully saturated rings. The summed E-state index contributed by atoms with van der Waals surface area (Å²) in [5.74, 6) is -0.196. The fraction of sp³-hybridized carbons (Fsp3) is 0.600. The first-order valence-electron chi connectivity index (χ1n) is 4.74. The Bertz CT molecular complexity index is 277. The van der Waals surface area contributed by atoms with Crippen LogP contribution >= 0.6 is 0 Å². The number of hydrogen-bond acceptors (Lipinski definition) is 2. The molecule has 1 saturated carbocycles. The first-order chi connectivity index (χ1) is 6.20. The van der Waals surface area contributed by atoms with Crippen LogP contribution in [-0.4, -0.2) is 22.8 Å². The third kappa shape index (κ3) is 1.28. The number of likely N-dealkylation sites (tertiary alicyclic amines) is 1. The van der Waals surface area contributed by atoms with E-state index in [1.54, 1.807) is 0 Å². The van der Waals surface area contributed by atoms with Crippen LogP contribution in [0.4, 0.5) is 0 Å². The molecule has 1 aliphatic carbocycles. The summed E-state index contributed by atoms with van der Waals surface area (Å²) in [4.78, 5) is 24.4. The Morgan fingerprint density at radius 1 is 1.23 bits per heavy atom. The molecule has 0 spiro atoms. The zero-order valence-electron chi connectivity index (χ0n) is 7.58. The molecular formula is C10H13NO2. The van der Waals surface area contributed by atoms with Gasteiger partial charge in [-0.2, -0.15) is 0 Å². The maximum Gasteiger partial charge on any atom is 0.256 e. The monoisotopic (exact) mass is 179 g/mol. The van der Waals surface area contributed by atoms with Crippen molar-refractivity contribution in [1.82, 2.24) is 4.90 Å². The van der Waals surface area contributed by atoms with Gasteiger partial charge in [-0.05, 0) is 12.8 Å². The van der Waals surface area contributed by atoms with Crippen molar-refractivity contribution in [3.05, 3.63) is 12.2 Å². The summed E-state index contributed by atoms with van der Waals surface area (Å²) < 4.78 is 0. The van der Waals surface area contributed by atoms with Crippen LogP contribution < -0.4 is 0 Å². The van der Waals surface area contributed by atoms with Crippen molar-refractivity contribution in [2.45, 2.75) is 38.1 Å². The smallest absolute Gasteiger partial charge is 0.256 e. The number of amides is 2. The second kappa shape index (κ2) is 2.98. The van der Waals surface area contributed by atoms with E-state index in [1.807, 2.05) is 0 Å². The molecule has 2 aliphatic rings. The number of nitrogens with zero attached hydrogens (tertiary/aromatic N) is 1. The summed E-state index contributed by atoms with van der Waals surface area (Å²) in [6.07, 6.45) is 4.45. The highest BCUT2D eigenvalue weighted by Crippen LogP contribution is 2.29. The van der Waals surface area contributed by atoms with Crippen molar-refractivity contribution in [1.29, 1.82) is 0 Å². The topological polar surface area (TPSA) is 37.4 Å². The van der Waals surface area contributed by atoms with Gasteiger partial charge >= 0.3 is 0 Å². The Labute approximate surface area is 77.4 Å². The second-order valence-corrected chi connectivity index (χ2v) is 3.79. The molecule has 0 aromatic carbocycles. The van der Waals surface area contributed by atoms with Gasteiger partial charge in [-0.3, -0.25) is 14.5 Å². The Morgan fingerprint density at radius 2 is 1.85 bits per heavy atom. The van der Waals surface area contributed by atoms with E-state index in [2.05, 4.69) is 6.58 Å². The first kappa shape index (κ1) is 8.48. The van der Waals surface area contributed by atoms with Gasteiger partial charge in [-0.15, -0.1) is 0 Å². The van der Waals surface area contributed by atoms with Crippen molar-refractivity contribution in [2.75, 3.05) is 0 Å². The molecule has 0 bridgehead atoms. The normalized spacial score (nSPS) is 24.9. The zero-order chi connectivity index (χ0) is 9.42. The van der Waals surface area contributed by atoms with Gasteiger partial charge in [0.1, 0.15) is 0 Å². The van der Waals surface area contributed by atoms with Crippen molar-refractivity contribution in [2.24, 2.45) is 0 Å². The number of rotatable bonds is 1. The predicted molar refractivity (Wildman–Crippen MR) is 47.9 cm³/mol. The Balaban J connectivity index is 2.17. The van der Waals surface area contributed by atoms with Crippen LogP contribution in [0.3, 0.4) is 0 Å². The van der Waals surface area contributed by atoms with E-state index < -0.39 is 0 Å². The number of carbonyl (C=O) groups excluding carboxylic acids is 2. The molecule has 3 nitrogen and oxygen atoms in total. The molecule has 70 valence electrons. The molecule has 0 aromatic heterocycles. The standard InChI is InChI=1S/C10H13NO2/c1-7-6-9(12)11(10(7)13)8-4-2-3-5-8/h8H,1-6H2. The minimum atomic E-state index is -0.142. The van der Waals surface area contributed by atoms with Gasteiger partial charge in [0.15, 0.2) is 0 Å². The molecule has 0 radical (unpaired) electrons. The Morgan fingerprint density at radius 3 is 2.31 bits per heavy atom. The highest BCUT2D eigenvalue weighted by Gasteiger charge is 2.38. The van der Waals surface area contributed by atoms with E-state index in [0.29, 0.717) is 5.57 Å². The molecule has 1 aliphatic heterocycles. The minimum absolute atomic E-state index is 0.0538. The third-order valence-electron chi connectivity index (χ3n) is 2.84. The van der Waals surface area contributed by atoms with Gasteiger partial charge in [-0.25, -0.2) is 0 Å². The van der Waals surface area contributed by atoms with Gasteiger partial charge < -0.3 is 0 Å². The van der Waals surface area contributed by atoms with E-state index in [4.69, 9.17) is 0 Å². The van der Waals surface area contributed by atoms with Crippen molar-refractivity contribution < 1.29 is 9.59 Å². The molecule has 1 saturated heterocycles. The number of hydrogen-bond donors (Lipinski definition) is 0. The zero-order valence-corrected chi connectivity index (χ0v) is 7.58. The lowest BCUT2D eigenvalue weighted by atomic mass is 10.2. The van der Waals surface area contributed by atoms with Crippen molar-refractivity contribution in [3.63, 3.8) is 0 Å². The molecular weight excluding hydrogens is 166 g/mol. The summed E-state index contributed by atoms with van der Waals surface area (Å²) in [7, 11) is 0. The van der Waals surface area contributed by atoms with Crippen LogP contribution in [-0.2, 0) is 9.59 Å². The molecule has 0 unspecified atom stereocenters. The Kier molecular flexibility index (Phi) is 1.94. The molecule has 13 heavy (non-hydrogen) atoms. The first-order valence-corrected chi connectivity index (χ1v) is 4.74. The molecule has 0 aromatic rings. The maximum absolute atomic E-state index is 11.5. The van der Waals surface area contributed by atoms with Gasteiger partial charge in [0, 0.05) is 11.6 Å². The summed E-state index contributed by atoms with van der Waals surface area (Å²) in [6, 6.07) is 0.166. The van der Waals surface area contributed by atoms with E-state index in [9.17, 15) is 9.59 Å². The lowest BCUT2D eigenvalue weighted by Gasteiger charge is -2.20. The average molecular weight is 179 g/mol. The molecule has 2 rings (SSSR count). The van der Waals surface area contributed by atoms with E-state index in [1.165, 1.54) is 4.90 Å². The number of imide groups is 1. The summed E-state index contributed by atoms with van der Waals surface area (Å²) >= 11 is 0. The molecule has 3 heteroatoms. The summed E-state index contributed by atoms with van der Waals surface area (Å²) in [6.45, 7) is 3.60. The fourth-order valence-corrected chi connectivity index (χ4v) is 2.16. The van der Waals surface area contributed by atoms with Crippen LogP contribution in [0.15, 0.2) is 12.2 Å².